The van der Waals surface area contributed by atoms with Crippen LogP contribution in [0.15, 0.2) is 0 Å². The molecule has 5 nitrogen and oxygen atoms in total. The van der Waals surface area contributed by atoms with Crippen molar-refractivity contribution in [1.82, 2.24) is 5.32 Å². The van der Waals surface area contributed by atoms with Gasteiger partial charge in [0.2, 0.25) is 6.41 Å². The third-order valence-electron chi connectivity index (χ3n) is 1.36. The Morgan fingerprint density at radius 2 is 2.27 bits per heavy atom. The molecule has 0 rings (SSSR count). The maximum atomic E-state index is 9.92. The van der Waals surface area contributed by atoms with Crippen LogP contribution in [0.5, 0.6) is 0 Å². The summed E-state index contributed by atoms with van der Waals surface area (Å²) in [5, 5.41) is 19.6. The summed E-state index contributed by atoms with van der Waals surface area (Å²) >= 11 is 0. The first-order valence-corrected chi connectivity index (χ1v) is 3.48. The average Bonchev–Trinajstić information content (AvgIpc) is 1.97. The van der Waals surface area contributed by atoms with Crippen LogP contribution in [-0.4, -0.2) is 36.1 Å². The minimum Gasteiger partial charge on any atom is -0.426 e. The van der Waals surface area contributed by atoms with Crippen LogP contribution in [0.3, 0.4) is 0 Å². The van der Waals surface area contributed by atoms with Crippen molar-refractivity contribution in [3.63, 3.8) is 0 Å². The Bertz CT molecular complexity index is 112. The zero-order valence-corrected chi connectivity index (χ0v) is 6.23. The van der Waals surface area contributed by atoms with E-state index in [2.05, 4.69) is 5.32 Å². The van der Waals surface area contributed by atoms with Crippen molar-refractivity contribution in [3.05, 3.63) is 0 Å². The third-order valence-corrected chi connectivity index (χ3v) is 1.36. The van der Waals surface area contributed by atoms with Gasteiger partial charge in [0.15, 0.2) is 0 Å². The molecule has 0 aliphatic carbocycles. The van der Waals surface area contributed by atoms with Gasteiger partial charge in [-0.25, -0.2) is 0 Å². The van der Waals surface area contributed by atoms with Gasteiger partial charge in [0, 0.05) is 0 Å². The van der Waals surface area contributed by atoms with E-state index in [0.717, 1.165) is 0 Å². The number of carbonyl (C=O) groups excluding carboxylic acids is 1. The predicted octanol–water partition coefficient (Wildman–Crippen LogP) is -2.15. The summed E-state index contributed by atoms with van der Waals surface area (Å²) in [6.07, 6.45) is 1.58. The highest BCUT2D eigenvalue weighted by Crippen LogP contribution is 1.95. The highest BCUT2D eigenvalue weighted by atomic mass is 16.4. The molecule has 0 fully saturated rings. The molecule has 11 heavy (non-hydrogen) atoms. The van der Waals surface area contributed by atoms with Gasteiger partial charge in [-0.05, 0) is 19.4 Å². The van der Waals surface area contributed by atoms with Crippen LogP contribution in [-0.2, 0) is 4.79 Å². The Hall–Kier alpha value is -0.585. The fourth-order valence-corrected chi connectivity index (χ4v) is 0.744. The fraction of sp³-hybridized carbons (Fsp3) is 0.800. The molecular weight excluding hydrogens is 147 g/mol. The van der Waals surface area contributed by atoms with Gasteiger partial charge in [-0.1, -0.05) is 0 Å². The Balaban J connectivity index is 3.59. The Morgan fingerprint density at radius 3 is 2.64 bits per heavy atom. The molecule has 0 aromatic carbocycles. The van der Waals surface area contributed by atoms with Crippen molar-refractivity contribution in [2.45, 2.75) is 18.8 Å². The summed E-state index contributed by atoms with van der Waals surface area (Å²) in [7, 11) is -1.51. The van der Waals surface area contributed by atoms with E-state index in [-0.39, 0.29) is 0 Å². The highest BCUT2D eigenvalue weighted by Gasteiger charge is 2.21. The van der Waals surface area contributed by atoms with Crippen molar-refractivity contribution in [2.24, 2.45) is 5.73 Å². The van der Waals surface area contributed by atoms with Gasteiger partial charge in [0.1, 0.15) is 0 Å². The SMILES string of the molecule is NCCCC(NC=O)B(O)O. The number of amides is 1. The summed E-state index contributed by atoms with van der Waals surface area (Å²) in [5.74, 6) is -0.601. The summed E-state index contributed by atoms with van der Waals surface area (Å²) in [5.41, 5.74) is 5.19. The second-order valence-corrected chi connectivity index (χ2v) is 2.24. The lowest BCUT2D eigenvalue weighted by molar-refractivity contribution is -0.109. The topological polar surface area (TPSA) is 95.6 Å². The van der Waals surface area contributed by atoms with Crippen LogP contribution in [0.2, 0.25) is 0 Å². The molecule has 5 N–H and O–H groups in total. The number of nitrogens with two attached hydrogens (primary N) is 1. The maximum absolute atomic E-state index is 9.92. The van der Waals surface area contributed by atoms with Crippen LogP contribution in [0.1, 0.15) is 12.8 Å². The molecule has 0 aliphatic heterocycles. The Morgan fingerprint density at radius 1 is 1.64 bits per heavy atom. The molecule has 6 heteroatoms. The summed E-state index contributed by atoms with van der Waals surface area (Å²) in [6.45, 7) is 0.476. The minimum absolute atomic E-state index is 0.445. The summed E-state index contributed by atoms with van der Waals surface area (Å²) in [4.78, 5) is 9.92. The molecule has 1 unspecified atom stereocenters. The first kappa shape index (κ1) is 10.4. The molecule has 0 bridgehead atoms. The second-order valence-electron chi connectivity index (χ2n) is 2.24. The standard InChI is InChI=1S/C5H13BN2O3/c7-3-1-2-5(6(10)11)8-4-9/h4-5,10-11H,1-3,7H2,(H,8,9). The van der Waals surface area contributed by atoms with E-state index < -0.39 is 13.1 Å². The number of carbonyl (C=O) groups is 1. The zero-order valence-electron chi connectivity index (χ0n) is 6.23. The van der Waals surface area contributed by atoms with Gasteiger partial charge in [-0.15, -0.1) is 0 Å². The van der Waals surface area contributed by atoms with E-state index in [1.165, 1.54) is 0 Å². The van der Waals surface area contributed by atoms with E-state index in [1.807, 2.05) is 0 Å². The van der Waals surface area contributed by atoms with Crippen molar-refractivity contribution in [3.8, 4) is 0 Å². The smallest absolute Gasteiger partial charge is 0.426 e. The van der Waals surface area contributed by atoms with Gasteiger partial charge in [0.05, 0.1) is 5.94 Å². The minimum atomic E-state index is -1.51. The van der Waals surface area contributed by atoms with E-state index in [4.69, 9.17) is 15.8 Å². The monoisotopic (exact) mass is 160 g/mol. The highest BCUT2D eigenvalue weighted by molar-refractivity contribution is 6.43. The summed E-state index contributed by atoms with van der Waals surface area (Å²) in [6, 6.07) is 0. The molecule has 0 spiro atoms. The lowest BCUT2D eigenvalue weighted by atomic mass is 9.77. The van der Waals surface area contributed by atoms with E-state index in [9.17, 15) is 4.79 Å². The van der Waals surface area contributed by atoms with Crippen molar-refractivity contribution >= 4 is 13.5 Å². The molecule has 1 amide bonds. The molecule has 0 saturated carbocycles. The lowest BCUT2D eigenvalue weighted by Gasteiger charge is -2.13. The Labute approximate surface area is 65.7 Å². The number of hydrogen-bond donors (Lipinski definition) is 4. The first-order valence-electron chi connectivity index (χ1n) is 3.48. The van der Waals surface area contributed by atoms with Crippen LogP contribution in [0.25, 0.3) is 0 Å². The molecule has 1 atom stereocenters. The third kappa shape index (κ3) is 4.77. The van der Waals surface area contributed by atoms with Gasteiger partial charge >= 0.3 is 7.12 Å². The van der Waals surface area contributed by atoms with Crippen LogP contribution < -0.4 is 11.1 Å². The number of hydrogen-bond acceptors (Lipinski definition) is 4. The zero-order chi connectivity index (χ0) is 8.69. The molecule has 0 aliphatic rings. The van der Waals surface area contributed by atoms with Crippen molar-refractivity contribution in [1.29, 1.82) is 0 Å². The molecular formula is C5H13BN2O3. The lowest BCUT2D eigenvalue weighted by Crippen LogP contribution is -2.43. The first-order chi connectivity index (χ1) is 5.22. The van der Waals surface area contributed by atoms with Crippen molar-refractivity contribution in [2.75, 3.05) is 6.54 Å². The molecule has 0 saturated heterocycles. The normalized spacial score (nSPS) is 12.3. The van der Waals surface area contributed by atoms with E-state index in [1.54, 1.807) is 0 Å². The molecule has 0 heterocycles. The van der Waals surface area contributed by atoms with Crippen LogP contribution in [0.4, 0.5) is 0 Å². The quantitative estimate of drug-likeness (QED) is 0.263. The van der Waals surface area contributed by atoms with Gasteiger partial charge in [-0.3, -0.25) is 4.79 Å². The molecule has 0 aromatic rings. The summed E-state index contributed by atoms with van der Waals surface area (Å²) < 4.78 is 0. The average molecular weight is 160 g/mol. The molecule has 0 radical (unpaired) electrons. The predicted molar refractivity (Wildman–Crippen MR) is 41.5 cm³/mol. The van der Waals surface area contributed by atoms with Crippen LogP contribution >= 0.6 is 0 Å². The van der Waals surface area contributed by atoms with Crippen LogP contribution in [0, 0.1) is 0 Å². The number of nitrogens with one attached hydrogen (secondary N) is 1. The largest absolute Gasteiger partial charge is 0.475 e. The van der Waals surface area contributed by atoms with Gasteiger partial charge in [0.25, 0.3) is 0 Å². The van der Waals surface area contributed by atoms with E-state index in [0.29, 0.717) is 25.8 Å². The van der Waals surface area contributed by atoms with Gasteiger partial charge < -0.3 is 21.1 Å². The molecule has 64 valence electrons. The Kier molecular flexibility index (Phi) is 5.82. The van der Waals surface area contributed by atoms with Crippen molar-refractivity contribution < 1.29 is 14.8 Å². The van der Waals surface area contributed by atoms with Gasteiger partial charge in [-0.2, -0.15) is 0 Å². The number of rotatable bonds is 6. The molecule has 0 aromatic heterocycles. The maximum Gasteiger partial charge on any atom is 0.475 e. The fourth-order valence-electron chi connectivity index (χ4n) is 0.744. The second kappa shape index (κ2) is 6.15. The van der Waals surface area contributed by atoms with E-state index >= 15 is 0 Å².